The lowest BCUT2D eigenvalue weighted by atomic mass is 10.2. The molecular formula is C18H19F3N2O4S. The molecule has 2 N–H and O–H groups in total. The number of carbonyl (C=O) groups is 1. The van der Waals surface area contributed by atoms with Crippen molar-refractivity contribution >= 4 is 15.9 Å². The molecule has 0 heterocycles. The minimum Gasteiger partial charge on any atom is -0.496 e. The second kappa shape index (κ2) is 8.61. The zero-order chi connectivity index (χ0) is 20.9. The molecule has 10 heteroatoms. The van der Waals surface area contributed by atoms with E-state index < -0.39 is 38.6 Å². The summed E-state index contributed by atoms with van der Waals surface area (Å²) in [5.74, 6) is -0.158. The van der Waals surface area contributed by atoms with Crippen molar-refractivity contribution in [1.82, 2.24) is 10.0 Å². The molecule has 2 aromatic rings. The van der Waals surface area contributed by atoms with Gasteiger partial charge in [-0.2, -0.15) is 17.9 Å². The van der Waals surface area contributed by atoms with E-state index in [-0.39, 0.29) is 6.54 Å². The van der Waals surface area contributed by atoms with Gasteiger partial charge in [-0.15, -0.1) is 0 Å². The van der Waals surface area contributed by atoms with Crippen LogP contribution in [0.5, 0.6) is 5.75 Å². The molecule has 0 saturated heterocycles. The number of benzene rings is 2. The number of carbonyl (C=O) groups excluding carboxylic acids is 1. The third kappa shape index (κ3) is 5.23. The third-order valence-corrected chi connectivity index (χ3v) is 5.45. The Hall–Kier alpha value is -2.59. The van der Waals surface area contributed by atoms with Gasteiger partial charge in [-0.25, -0.2) is 8.42 Å². The minimum absolute atomic E-state index is 0.0635. The van der Waals surface area contributed by atoms with Crippen LogP contribution in [0.15, 0.2) is 53.4 Å². The number of halogens is 3. The van der Waals surface area contributed by atoms with E-state index in [2.05, 4.69) is 5.32 Å². The molecule has 0 aliphatic carbocycles. The van der Waals surface area contributed by atoms with Crippen LogP contribution in [0.1, 0.15) is 18.1 Å². The van der Waals surface area contributed by atoms with Crippen LogP contribution >= 0.6 is 0 Å². The summed E-state index contributed by atoms with van der Waals surface area (Å²) in [7, 11) is -3.10. The lowest BCUT2D eigenvalue weighted by molar-refractivity contribution is -0.139. The topological polar surface area (TPSA) is 84.5 Å². The normalized spacial score (nSPS) is 13.0. The van der Waals surface area contributed by atoms with E-state index in [9.17, 15) is 26.4 Å². The summed E-state index contributed by atoms with van der Waals surface area (Å²) < 4.78 is 71.1. The Kier molecular flexibility index (Phi) is 6.68. The van der Waals surface area contributed by atoms with Crippen molar-refractivity contribution in [2.75, 3.05) is 7.11 Å². The second-order valence-corrected chi connectivity index (χ2v) is 7.55. The predicted molar refractivity (Wildman–Crippen MR) is 96.1 cm³/mol. The average molecular weight is 416 g/mol. The number of hydrogen-bond acceptors (Lipinski definition) is 4. The molecule has 1 unspecified atom stereocenters. The van der Waals surface area contributed by atoms with E-state index >= 15 is 0 Å². The van der Waals surface area contributed by atoms with Gasteiger partial charge in [0.2, 0.25) is 15.9 Å². The maximum absolute atomic E-state index is 13.1. The maximum atomic E-state index is 13.1. The van der Waals surface area contributed by atoms with Gasteiger partial charge in [-0.3, -0.25) is 4.79 Å². The van der Waals surface area contributed by atoms with Crippen LogP contribution in [-0.2, 0) is 27.5 Å². The average Bonchev–Trinajstić information content (AvgIpc) is 2.65. The smallest absolute Gasteiger partial charge is 0.417 e. The number of nitrogens with one attached hydrogen (secondary N) is 2. The number of alkyl halides is 3. The zero-order valence-electron chi connectivity index (χ0n) is 15.1. The molecule has 28 heavy (non-hydrogen) atoms. The quantitative estimate of drug-likeness (QED) is 0.727. The molecule has 2 rings (SSSR count). The fraction of sp³-hybridized carbons (Fsp3) is 0.278. The van der Waals surface area contributed by atoms with E-state index in [0.29, 0.717) is 17.4 Å². The van der Waals surface area contributed by atoms with E-state index in [0.717, 1.165) is 12.1 Å². The van der Waals surface area contributed by atoms with Crippen molar-refractivity contribution in [3.05, 3.63) is 59.7 Å². The molecule has 0 aliphatic heterocycles. The fourth-order valence-electron chi connectivity index (χ4n) is 2.47. The summed E-state index contributed by atoms with van der Waals surface area (Å²) in [6.07, 6.45) is -4.85. The molecule has 152 valence electrons. The molecule has 1 amide bonds. The highest BCUT2D eigenvalue weighted by molar-refractivity contribution is 7.89. The van der Waals surface area contributed by atoms with Gasteiger partial charge in [0.25, 0.3) is 0 Å². The summed E-state index contributed by atoms with van der Waals surface area (Å²) in [6.45, 7) is 1.30. The number of sulfonamides is 1. The van der Waals surface area contributed by atoms with Gasteiger partial charge in [-0.05, 0) is 25.1 Å². The highest BCUT2D eigenvalue weighted by Gasteiger charge is 2.37. The molecule has 0 aliphatic rings. The van der Waals surface area contributed by atoms with E-state index in [1.807, 2.05) is 4.72 Å². The van der Waals surface area contributed by atoms with Gasteiger partial charge >= 0.3 is 6.18 Å². The molecule has 2 aromatic carbocycles. The Morgan fingerprint density at radius 3 is 2.36 bits per heavy atom. The molecule has 0 aromatic heterocycles. The number of methoxy groups -OCH3 is 1. The Morgan fingerprint density at radius 1 is 1.11 bits per heavy atom. The summed E-state index contributed by atoms with van der Waals surface area (Å²) in [6, 6.07) is 9.38. The van der Waals surface area contributed by atoms with Gasteiger partial charge in [-0.1, -0.05) is 30.3 Å². The Morgan fingerprint density at radius 2 is 1.71 bits per heavy atom. The summed E-state index contributed by atoms with van der Waals surface area (Å²) in [5.41, 5.74) is -0.639. The Labute approximate surface area is 160 Å². The first-order valence-corrected chi connectivity index (χ1v) is 9.62. The van der Waals surface area contributed by atoms with Crippen LogP contribution in [0.2, 0.25) is 0 Å². The van der Waals surface area contributed by atoms with Crippen LogP contribution in [0.3, 0.4) is 0 Å². The SMILES string of the molecule is COc1ccccc1CNC(=O)C(C)NS(=O)(=O)c1ccccc1C(F)(F)F. The number of hydrogen-bond donors (Lipinski definition) is 2. The second-order valence-electron chi connectivity index (χ2n) is 5.87. The molecule has 0 bridgehead atoms. The number of amides is 1. The van der Waals surface area contributed by atoms with Gasteiger partial charge in [0.1, 0.15) is 5.75 Å². The maximum Gasteiger partial charge on any atom is 0.417 e. The third-order valence-electron chi connectivity index (χ3n) is 3.85. The van der Waals surface area contributed by atoms with Crippen LogP contribution in [0, 0.1) is 0 Å². The van der Waals surface area contributed by atoms with Crippen LogP contribution in [0.4, 0.5) is 13.2 Å². The zero-order valence-corrected chi connectivity index (χ0v) is 15.9. The summed E-state index contributed by atoms with van der Waals surface area (Å²) in [5, 5.41) is 2.52. The van der Waals surface area contributed by atoms with Crippen molar-refractivity contribution in [2.45, 2.75) is 30.6 Å². The van der Waals surface area contributed by atoms with E-state index in [1.165, 1.54) is 20.1 Å². The van der Waals surface area contributed by atoms with Gasteiger partial charge < -0.3 is 10.1 Å². The Balaban J connectivity index is 2.11. The van der Waals surface area contributed by atoms with Crippen molar-refractivity contribution in [2.24, 2.45) is 0 Å². The molecule has 6 nitrogen and oxygen atoms in total. The first-order valence-electron chi connectivity index (χ1n) is 8.14. The lowest BCUT2D eigenvalue weighted by Gasteiger charge is -2.17. The molecule has 0 spiro atoms. The molecular weight excluding hydrogens is 397 g/mol. The first kappa shape index (κ1) is 21.7. The lowest BCUT2D eigenvalue weighted by Crippen LogP contribution is -2.44. The van der Waals surface area contributed by atoms with E-state index in [4.69, 9.17) is 4.74 Å². The largest absolute Gasteiger partial charge is 0.496 e. The van der Waals surface area contributed by atoms with Crippen LogP contribution < -0.4 is 14.8 Å². The Bertz CT molecular complexity index is 946. The van der Waals surface area contributed by atoms with Gasteiger partial charge in [0, 0.05) is 12.1 Å². The fourth-order valence-corrected chi connectivity index (χ4v) is 3.90. The van der Waals surface area contributed by atoms with Gasteiger partial charge in [0.05, 0.1) is 23.6 Å². The number of ether oxygens (including phenoxy) is 1. The van der Waals surface area contributed by atoms with E-state index in [1.54, 1.807) is 24.3 Å². The molecule has 0 fully saturated rings. The molecule has 0 radical (unpaired) electrons. The first-order chi connectivity index (χ1) is 13.1. The molecule has 1 atom stereocenters. The highest BCUT2D eigenvalue weighted by Crippen LogP contribution is 2.33. The summed E-state index contributed by atoms with van der Waals surface area (Å²) in [4.78, 5) is 11.3. The van der Waals surface area contributed by atoms with Crippen LogP contribution in [0.25, 0.3) is 0 Å². The van der Waals surface area contributed by atoms with Gasteiger partial charge in [0.15, 0.2) is 0 Å². The van der Waals surface area contributed by atoms with Crippen molar-refractivity contribution in [1.29, 1.82) is 0 Å². The number of para-hydroxylation sites is 1. The monoisotopic (exact) mass is 416 g/mol. The van der Waals surface area contributed by atoms with Crippen molar-refractivity contribution in [3.8, 4) is 5.75 Å². The van der Waals surface area contributed by atoms with Crippen molar-refractivity contribution in [3.63, 3.8) is 0 Å². The summed E-state index contributed by atoms with van der Waals surface area (Å²) >= 11 is 0. The number of rotatable bonds is 7. The molecule has 0 saturated carbocycles. The minimum atomic E-state index is -4.85. The predicted octanol–water partition coefficient (Wildman–Crippen LogP) is 2.70. The highest BCUT2D eigenvalue weighted by atomic mass is 32.2. The van der Waals surface area contributed by atoms with Crippen molar-refractivity contribution < 1.29 is 31.1 Å². The standard InChI is InChI=1S/C18H19F3N2O4S/c1-12(17(24)22-11-13-7-3-5-9-15(13)27-2)23-28(25,26)16-10-6-4-8-14(16)18(19,20)21/h3-10,12,23H,11H2,1-2H3,(H,22,24). The van der Waals surface area contributed by atoms with Crippen LogP contribution in [-0.4, -0.2) is 27.5 Å².